The van der Waals surface area contributed by atoms with Crippen molar-refractivity contribution in [2.75, 3.05) is 13.1 Å². The number of likely N-dealkylation sites (tertiary alicyclic amines) is 1. The Morgan fingerprint density at radius 3 is 2.64 bits per heavy atom. The van der Waals surface area contributed by atoms with Crippen molar-refractivity contribution in [3.8, 4) is 0 Å². The fourth-order valence-corrected chi connectivity index (χ4v) is 1.93. The number of carboxylic acid groups (broad SMARTS) is 1. The van der Waals surface area contributed by atoms with Gasteiger partial charge in [0.1, 0.15) is 0 Å². The molecule has 2 rings (SSSR count). The van der Waals surface area contributed by atoms with Crippen LogP contribution < -0.4 is 0 Å². The minimum Gasteiger partial charge on any atom is -0.465 e. The first-order valence-corrected chi connectivity index (χ1v) is 4.80. The number of amides is 1. The Bertz CT molecular complexity index is 323. The highest BCUT2D eigenvalue weighted by Crippen LogP contribution is 2.26. The third-order valence-electron chi connectivity index (χ3n) is 2.73. The molecule has 3 nitrogen and oxygen atoms in total. The van der Waals surface area contributed by atoms with Gasteiger partial charge in [-0.1, -0.05) is 30.3 Å². The first-order chi connectivity index (χ1) is 6.77. The van der Waals surface area contributed by atoms with E-state index in [1.165, 1.54) is 10.5 Å². The van der Waals surface area contributed by atoms with Crippen LogP contribution in [0.2, 0.25) is 0 Å². The van der Waals surface area contributed by atoms with E-state index in [0.717, 1.165) is 6.42 Å². The minimum atomic E-state index is -0.802. The Labute approximate surface area is 83.0 Å². The monoisotopic (exact) mass is 191 g/mol. The van der Waals surface area contributed by atoms with Crippen molar-refractivity contribution >= 4 is 6.09 Å². The van der Waals surface area contributed by atoms with Crippen molar-refractivity contribution in [2.45, 2.75) is 12.3 Å². The van der Waals surface area contributed by atoms with Crippen LogP contribution in [0, 0.1) is 0 Å². The van der Waals surface area contributed by atoms with Gasteiger partial charge in [-0.05, 0) is 12.0 Å². The molecule has 0 aliphatic carbocycles. The fourth-order valence-electron chi connectivity index (χ4n) is 1.93. The zero-order valence-electron chi connectivity index (χ0n) is 7.89. The molecule has 3 heteroatoms. The molecule has 0 aromatic heterocycles. The van der Waals surface area contributed by atoms with E-state index in [-0.39, 0.29) is 0 Å². The van der Waals surface area contributed by atoms with Crippen LogP contribution >= 0.6 is 0 Å². The molecule has 1 aliphatic rings. The fraction of sp³-hybridized carbons (Fsp3) is 0.364. The van der Waals surface area contributed by atoms with Crippen LogP contribution in [0.5, 0.6) is 0 Å². The van der Waals surface area contributed by atoms with E-state index >= 15 is 0 Å². The van der Waals surface area contributed by atoms with Crippen LogP contribution in [0.3, 0.4) is 0 Å². The first-order valence-electron chi connectivity index (χ1n) is 4.80. The Balaban J connectivity index is 2.06. The standard InChI is InChI=1S/C11H13NO2/c13-11(14)12-7-6-10(8-12)9-4-2-1-3-5-9/h1-5,10H,6-8H2,(H,13,14)/t10-/m1/s1. The number of hydrogen-bond acceptors (Lipinski definition) is 1. The lowest BCUT2D eigenvalue weighted by molar-refractivity contribution is 0.155. The highest BCUT2D eigenvalue weighted by Gasteiger charge is 2.26. The van der Waals surface area contributed by atoms with Crippen molar-refractivity contribution in [3.05, 3.63) is 35.9 Å². The van der Waals surface area contributed by atoms with E-state index < -0.39 is 6.09 Å². The third-order valence-corrected chi connectivity index (χ3v) is 2.73. The number of rotatable bonds is 1. The Kier molecular flexibility index (Phi) is 2.39. The molecular weight excluding hydrogens is 178 g/mol. The predicted octanol–water partition coefficient (Wildman–Crippen LogP) is 2.15. The lowest BCUT2D eigenvalue weighted by atomic mass is 9.99. The average molecular weight is 191 g/mol. The Hall–Kier alpha value is -1.51. The number of nitrogens with zero attached hydrogens (tertiary/aromatic N) is 1. The number of hydrogen-bond donors (Lipinski definition) is 1. The second-order valence-electron chi connectivity index (χ2n) is 3.62. The van der Waals surface area contributed by atoms with Gasteiger partial charge in [0.15, 0.2) is 0 Å². The van der Waals surface area contributed by atoms with Crippen LogP contribution in [0.15, 0.2) is 30.3 Å². The van der Waals surface area contributed by atoms with Crippen molar-refractivity contribution in [1.29, 1.82) is 0 Å². The van der Waals surface area contributed by atoms with Crippen molar-refractivity contribution in [2.24, 2.45) is 0 Å². The lowest BCUT2D eigenvalue weighted by Crippen LogP contribution is -2.26. The van der Waals surface area contributed by atoms with E-state index in [0.29, 0.717) is 19.0 Å². The van der Waals surface area contributed by atoms with Gasteiger partial charge < -0.3 is 10.0 Å². The van der Waals surface area contributed by atoms with Gasteiger partial charge >= 0.3 is 6.09 Å². The van der Waals surface area contributed by atoms with E-state index in [9.17, 15) is 4.79 Å². The van der Waals surface area contributed by atoms with Crippen LogP contribution in [0.4, 0.5) is 4.79 Å². The molecule has 0 spiro atoms. The molecule has 1 amide bonds. The van der Waals surface area contributed by atoms with Crippen LogP contribution in [0.25, 0.3) is 0 Å². The van der Waals surface area contributed by atoms with E-state index in [1.54, 1.807) is 0 Å². The Morgan fingerprint density at radius 1 is 1.36 bits per heavy atom. The van der Waals surface area contributed by atoms with Gasteiger partial charge in [0, 0.05) is 19.0 Å². The summed E-state index contributed by atoms with van der Waals surface area (Å²) < 4.78 is 0. The summed E-state index contributed by atoms with van der Waals surface area (Å²) in [6.07, 6.45) is 0.138. The molecule has 0 unspecified atom stereocenters. The van der Waals surface area contributed by atoms with E-state index in [1.807, 2.05) is 18.2 Å². The van der Waals surface area contributed by atoms with Gasteiger partial charge in [-0.25, -0.2) is 4.79 Å². The zero-order chi connectivity index (χ0) is 9.97. The second kappa shape index (κ2) is 3.70. The molecule has 1 aromatic carbocycles. The number of carbonyl (C=O) groups is 1. The summed E-state index contributed by atoms with van der Waals surface area (Å²) in [6, 6.07) is 10.1. The van der Waals surface area contributed by atoms with Crippen molar-refractivity contribution in [1.82, 2.24) is 4.90 Å². The quantitative estimate of drug-likeness (QED) is 0.738. The SMILES string of the molecule is O=C(O)N1CC[C@@H](c2ccccc2)C1. The average Bonchev–Trinajstić information content (AvgIpc) is 2.68. The summed E-state index contributed by atoms with van der Waals surface area (Å²) in [7, 11) is 0. The highest BCUT2D eigenvalue weighted by atomic mass is 16.4. The van der Waals surface area contributed by atoms with Crippen molar-refractivity contribution < 1.29 is 9.90 Å². The topological polar surface area (TPSA) is 40.5 Å². The second-order valence-corrected chi connectivity index (χ2v) is 3.62. The highest BCUT2D eigenvalue weighted by molar-refractivity contribution is 5.65. The lowest BCUT2D eigenvalue weighted by Gasteiger charge is -2.12. The third kappa shape index (κ3) is 1.71. The van der Waals surface area contributed by atoms with Gasteiger partial charge in [-0.15, -0.1) is 0 Å². The minimum absolute atomic E-state index is 0.382. The molecule has 0 saturated carbocycles. The first kappa shape index (κ1) is 9.06. The van der Waals surface area contributed by atoms with E-state index in [4.69, 9.17) is 5.11 Å². The summed E-state index contributed by atoms with van der Waals surface area (Å²) in [4.78, 5) is 12.2. The van der Waals surface area contributed by atoms with Crippen LogP contribution in [0.1, 0.15) is 17.9 Å². The molecule has 0 radical (unpaired) electrons. The van der Waals surface area contributed by atoms with Crippen molar-refractivity contribution in [3.63, 3.8) is 0 Å². The summed E-state index contributed by atoms with van der Waals surface area (Å²) in [5, 5.41) is 8.80. The molecule has 14 heavy (non-hydrogen) atoms. The molecule has 1 N–H and O–H groups in total. The molecule has 1 aromatic rings. The summed E-state index contributed by atoms with van der Waals surface area (Å²) >= 11 is 0. The van der Waals surface area contributed by atoms with Crippen LogP contribution in [-0.2, 0) is 0 Å². The molecular formula is C11H13NO2. The molecule has 0 bridgehead atoms. The summed E-state index contributed by atoms with van der Waals surface area (Å²) in [5.74, 6) is 0.382. The molecule has 1 saturated heterocycles. The van der Waals surface area contributed by atoms with E-state index in [2.05, 4.69) is 12.1 Å². The molecule has 1 fully saturated rings. The van der Waals surface area contributed by atoms with Gasteiger partial charge in [0.2, 0.25) is 0 Å². The molecule has 1 aliphatic heterocycles. The summed E-state index contributed by atoms with van der Waals surface area (Å²) in [6.45, 7) is 1.30. The maximum atomic E-state index is 10.7. The molecule has 1 atom stereocenters. The summed E-state index contributed by atoms with van der Waals surface area (Å²) in [5.41, 5.74) is 1.25. The Morgan fingerprint density at radius 2 is 2.07 bits per heavy atom. The largest absolute Gasteiger partial charge is 0.465 e. The predicted molar refractivity (Wildman–Crippen MR) is 53.4 cm³/mol. The smallest absolute Gasteiger partial charge is 0.407 e. The zero-order valence-corrected chi connectivity index (χ0v) is 7.89. The van der Waals surface area contributed by atoms with Gasteiger partial charge in [0.25, 0.3) is 0 Å². The normalized spacial score (nSPS) is 21.1. The van der Waals surface area contributed by atoms with Gasteiger partial charge in [0.05, 0.1) is 0 Å². The molecule has 74 valence electrons. The maximum Gasteiger partial charge on any atom is 0.407 e. The van der Waals surface area contributed by atoms with Gasteiger partial charge in [-0.2, -0.15) is 0 Å². The molecule has 1 heterocycles. The number of benzene rings is 1. The maximum absolute atomic E-state index is 10.7. The van der Waals surface area contributed by atoms with Gasteiger partial charge in [-0.3, -0.25) is 0 Å². The van der Waals surface area contributed by atoms with Crippen LogP contribution in [-0.4, -0.2) is 29.2 Å².